The second-order valence-corrected chi connectivity index (χ2v) is 5.71. The second kappa shape index (κ2) is 11.9. The molecule has 0 aromatic rings. The fraction of sp³-hybridized carbons (Fsp3) is 0.500. The molecular weight excluding hydrogens is 398 g/mol. The van der Waals surface area contributed by atoms with Crippen molar-refractivity contribution < 1.29 is 48.9 Å². The van der Waals surface area contributed by atoms with Gasteiger partial charge in [0.1, 0.15) is 12.1 Å². The van der Waals surface area contributed by atoms with Crippen molar-refractivity contribution in [3.8, 4) is 0 Å². The Hall–Kier alpha value is -3.75. The van der Waals surface area contributed by atoms with Crippen molar-refractivity contribution in [3.05, 3.63) is 0 Å². The van der Waals surface area contributed by atoms with E-state index >= 15 is 0 Å². The minimum atomic E-state index is -1.86. The van der Waals surface area contributed by atoms with Crippen LogP contribution in [0.15, 0.2) is 0 Å². The summed E-state index contributed by atoms with van der Waals surface area (Å²) < 4.78 is 0. The summed E-state index contributed by atoms with van der Waals surface area (Å²) >= 11 is 0. The molecule has 0 radical (unpaired) electrons. The van der Waals surface area contributed by atoms with Crippen LogP contribution in [0.2, 0.25) is 0 Å². The lowest BCUT2D eigenvalue weighted by atomic mass is 10.1. The third-order valence-electron chi connectivity index (χ3n) is 3.20. The van der Waals surface area contributed by atoms with Gasteiger partial charge in [0.05, 0.1) is 31.8 Å². The first kappa shape index (κ1) is 25.2. The summed E-state index contributed by atoms with van der Waals surface area (Å²) in [7, 11) is 0. The molecule has 3 unspecified atom stereocenters. The number of carboxylic acids is 3. The Morgan fingerprint density at radius 2 is 1.28 bits per heavy atom. The monoisotopic (exact) mass is 419 g/mol. The van der Waals surface area contributed by atoms with Gasteiger partial charge in [-0.05, 0) is 0 Å². The number of nitrogens with one attached hydrogen (secondary N) is 3. The maximum absolute atomic E-state index is 12.1. The van der Waals surface area contributed by atoms with Crippen LogP contribution in [0.25, 0.3) is 0 Å². The zero-order valence-corrected chi connectivity index (χ0v) is 14.9. The third kappa shape index (κ3) is 10.9. The SMILES string of the molecule is NC(=O)CC(N)C(=O)NCC(=O)NC(CC(=O)O)C(=O)NC(CC(=O)O)C(=O)O. The predicted molar refractivity (Wildman–Crippen MR) is 90.8 cm³/mol. The molecule has 4 amide bonds. The van der Waals surface area contributed by atoms with Crippen LogP contribution in [0.3, 0.4) is 0 Å². The van der Waals surface area contributed by atoms with E-state index in [2.05, 4.69) is 0 Å². The highest BCUT2D eigenvalue weighted by molar-refractivity contribution is 5.95. The van der Waals surface area contributed by atoms with Crippen molar-refractivity contribution in [3.63, 3.8) is 0 Å². The van der Waals surface area contributed by atoms with Crippen LogP contribution in [-0.2, 0) is 33.6 Å². The summed E-state index contributed by atoms with van der Waals surface area (Å²) in [6, 6.07) is -4.95. The van der Waals surface area contributed by atoms with Crippen LogP contribution >= 0.6 is 0 Å². The number of carbonyl (C=O) groups is 7. The first-order valence-corrected chi connectivity index (χ1v) is 7.91. The highest BCUT2D eigenvalue weighted by Crippen LogP contribution is 1.98. The van der Waals surface area contributed by atoms with Gasteiger partial charge in [0, 0.05) is 0 Å². The summed E-state index contributed by atoms with van der Waals surface area (Å²) in [6.07, 6.45) is -2.42. The molecule has 0 spiro atoms. The molecule has 0 bridgehead atoms. The summed E-state index contributed by atoms with van der Waals surface area (Å²) in [5, 5.41) is 32.2. The molecule has 10 N–H and O–H groups in total. The number of carbonyl (C=O) groups excluding carboxylic acids is 4. The zero-order valence-electron chi connectivity index (χ0n) is 14.9. The number of carboxylic acid groups (broad SMARTS) is 3. The van der Waals surface area contributed by atoms with Crippen LogP contribution < -0.4 is 27.4 Å². The normalized spacial score (nSPS) is 13.3. The van der Waals surface area contributed by atoms with E-state index in [1.54, 1.807) is 0 Å². The highest BCUT2D eigenvalue weighted by atomic mass is 16.4. The number of nitrogens with two attached hydrogens (primary N) is 2. The predicted octanol–water partition coefficient (Wildman–Crippen LogP) is -4.69. The number of rotatable bonds is 13. The van der Waals surface area contributed by atoms with Gasteiger partial charge in [-0.25, -0.2) is 4.79 Å². The summed E-state index contributed by atoms with van der Waals surface area (Å²) in [5.41, 5.74) is 10.2. The molecule has 0 fully saturated rings. The van der Waals surface area contributed by atoms with Crippen LogP contribution in [0.5, 0.6) is 0 Å². The maximum atomic E-state index is 12.1. The number of aliphatic carboxylic acids is 3. The van der Waals surface area contributed by atoms with Gasteiger partial charge in [-0.1, -0.05) is 0 Å². The Labute approximate surface area is 162 Å². The zero-order chi connectivity index (χ0) is 22.7. The highest BCUT2D eigenvalue weighted by Gasteiger charge is 2.29. The van der Waals surface area contributed by atoms with Gasteiger partial charge in [-0.3, -0.25) is 28.8 Å². The van der Waals surface area contributed by atoms with Gasteiger partial charge in [0.25, 0.3) is 0 Å². The standard InChI is InChI=1S/C14H21N5O10/c15-5(1-8(16)20)12(26)17-4-9(21)18-6(2-10(22)23)13(27)19-7(14(28)29)3-11(24)25/h5-7H,1-4,15H2,(H2,16,20)(H,17,26)(H,18,21)(H,19,27)(H,22,23)(H,24,25)(H,28,29). The number of hydrogen-bond donors (Lipinski definition) is 8. The van der Waals surface area contributed by atoms with Gasteiger partial charge < -0.3 is 42.7 Å². The fourth-order valence-corrected chi connectivity index (χ4v) is 1.88. The molecule has 0 rings (SSSR count). The van der Waals surface area contributed by atoms with E-state index < -0.39 is 85.5 Å². The van der Waals surface area contributed by atoms with Gasteiger partial charge in [0.2, 0.25) is 23.6 Å². The van der Waals surface area contributed by atoms with E-state index in [4.69, 9.17) is 26.8 Å². The Kier molecular flexibility index (Phi) is 10.3. The molecule has 0 saturated heterocycles. The second-order valence-electron chi connectivity index (χ2n) is 5.71. The van der Waals surface area contributed by atoms with E-state index in [0.717, 1.165) is 0 Å². The molecule has 3 atom stereocenters. The van der Waals surface area contributed by atoms with Crippen LogP contribution in [0, 0.1) is 0 Å². The first-order chi connectivity index (χ1) is 13.3. The van der Waals surface area contributed by atoms with E-state index in [9.17, 15) is 33.6 Å². The molecule has 15 nitrogen and oxygen atoms in total. The van der Waals surface area contributed by atoms with Crippen molar-refractivity contribution in [2.45, 2.75) is 37.4 Å². The minimum absolute atomic E-state index is 0.488. The third-order valence-corrected chi connectivity index (χ3v) is 3.20. The summed E-state index contributed by atoms with van der Waals surface area (Å²) in [4.78, 5) is 78.7. The number of hydrogen-bond acceptors (Lipinski definition) is 8. The lowest BCUT2D eigenvalue weighted by molar-refractivity contribution is -0.148. The Balaban J connectivity index is 4.94. The lowest BCUT2D eigenvalue weighted by Crippen LogP contribution is -2.54. The van der Waals surface area contributed by atoms with Crippen molar-refractivity contribution in [2.75, 3.05) is 6.54 Å². The molecule has 0 aromatic heterocycles. The van der Waals surface area contributed by atoms with Crippen molar-refractivity contribution in [1.29, 1.82) is 0 Å². The van der Waals surface area contributed by atoms with Crippen molar-refractivity contribution in [2.24, 2.45) is 11.5 Å². The lowest BCUT2D eigenvalue weighted by Gasteiger charge is -2.20. The first-order valence-electron chi connectivity index (χ1n) is 7.91. The van der Waals surface area contributed by atoms with E-state index in [0.29, 0.717) is 0 Å². The molecule has 0 saturated carbocycles. The number of amides is 4. The smallest absolute Gasteiger partial charge is 0.326 e. The van der Waals surface area contributed by atoms with Crippen molar-refractivity contribution >= 4 is 41.5 Å². The molecule has 0 aliphatic carbocycles. The molecule has 162 valence electrons. The number of primary amides is 1. The van der Waals surface area contributed by atoms with Gasteiger partial charge in [-0.2, -0.15) is 0 Å². The van der Waals surface area contributed by atoms with Crippen LogP contribution in [0.1, 0.15) is 19.3 Å². The van der Waals surface area contributed by atoms with Crippen molar-refractivity contribution in [1.82, 2.24) is 16.0 Å². The molecule has 0 aliphatic heterocycles. The quantitative estimate of drug-likeness (QED) is 0.140. The molecule has 0 aromatic carbocycles. The van der Waals surface area contributed by atoms with Crippen LogP contribution in [-0.4, -0.2) is 81.5 Å². The summed E-state index contributed by atoms with van der Waals surface area (Å²) in [5.74, 6) is -8.80. The molecular formula is C14H21N5O10. The van der Waals surface area contributed by atoms with Crippen LogP contribution in [0.4, 0.5) is 0 Å². The van der Waals surface area contributed by atoms with Gasteiger partial charge >= 0.3 is 17.9 Å². The summed E-state index contributed by atoms with van der Waals surface area (Å²) in [6.45, 7) is -0.744. The average molecular weight is 419 g/mol. The Morgan fingerprint density at radius 1 is 0.759 bits per heavy atom. The van der Waals surface area contributed by atoms with E-state index in [1.165, 1.54) is 0 Å². The molecule has 15 heteroatoms. The van der Waals surface area contributed by atoms with Gasteiger partial charge in [-0.15, -0.1) is 0 Å². The topological polar surface area (TPSA) is 268 Å². The maximum Gasteiger partial charge on any atom is 0.326 e. The largest absolute Gasteiger partial charge is 0.481 e. The fourth-order valence-electron chi connectivity index (χ4n) is 1.88. The minimum Gasteiger partial charge on any atom is -0.481 e. The Bertz CT molecular complexity index is 694. The molecule has 0 aliphatic rings. The van der Waals surface area contributed by atoms with E-state index in [1.807, 2.05) is 16.0 Å². The average Bonchev–Trinajstić information content (AvgIpc) is 2.56. The Morgan fingerprint density at radius 3 is 1.72 bits per heavy atom. The molecule has 0 heterocycles. The van der Waals surface area contributed by atoms with Gasteiger partial charge in [0.15, 0.2) is 0 Å². The van der Waals surface area contributed by atoms with E-state index in [-0.39, 0.29) is 0 Å². The molecule has 29 heavy (non-hydrogen) atoms.